The number of nitrogens with zero attached hydrogens (tertiary/aromatic N) is 3. The SMILES string of the molecule is Cc1nccn1-c1ccc(NC(=O)C2CCCN2Cc2ccc(F)cc2)cc1. The highest BCUT2D eigenvalue weighted by molar-refractivity contribution is 5.95. The molecule has 1 atom stereocenters. The van der Waals surface area contributed by atoms with Crippen molar-refractivity contribution in [1.29, 1.82) is 0 Å². The van der Waals surface area contributed by atoms with Crippen molar-refractivity contribution in [2.75, 3.05) is 11.9 Å². The Hall–Kier alpha value is -2.99. The molecule has 1 aromatic heterocycles. The highest BCUT2D eigenvalue weighted by Crippen LogP contribution is 2.22. The molecule has 1 aliphatic rings. The first-order valence-corrected chi connectivity index (χ1v) is 9.50. The third-order valence-corrected chi connectivity index (χ3v) is 5.20. The Morgan fingerprint density at radius 1 is 1.18 bits per heavy atom. The summed E-state index contributed by atoms with van der Waals surface area (Å²) in [5.74, 6) is 0.680. The van der Waals surface area contributed by atoms with Crippen molar-refractivity contribution in [3.63, 3.8) is 0 Å². The summed E-state index contributed by atoms with van der Waals surface area (Å²) in [6.45, 7) is 3.47. The quantitative estimate of drug-likeness (QED) is 0.732. The van der Waals surface area contributed by atoms with Gasteiger partial charge in [0.05, 0.1) is 6.04 Å². The van der Waals surface area contributed by atoms with Crippen LogP contribution in [-0.2, 0) is 11.3 Å². The molecule has 2 aromatic carbocycles. The van der Waals surface area contributed by atoms with Crippen molar-refractivity contribution in [2.24, 2.45) is 0 Å². The number of hydrogen-bond donors (Lipinski definition) is 1. The van der Waals surface area contributed by atoms with Crippen LogP contribution >= 0.6 is 0 Å². The van der Waals surface area contributed by atoms with Crippen molar-refractivity contribution in [3.05, 3.63) is 78.1 Å². The molecule has 6 heteroatoms. The summed E-state index contributed by atoms with van der Waals surface area (Å²) in [6.07, 6.45) is 5.49. The highest BCUT2D eigenvalue weighted by atomic mass is 19.1. The predicted molar refractivity (Wildman–Crippen MR) is 107 cm³/mol. The van der Waals surface area contributed by atoms with E-state index in [1.807, 2.05) is 42.0 Å². The normalized spacial score (nSPS) is 17.0. The van der Waals surface area contributed by atoms with E-state index in [4.69, 9.17) is 0 Å². The lowest BCUT2D eigenvalue weighted by atomic mass is 10.1. The maximum Gasteiger partial charge on any atom is 0.241 e. The minimum Gasteiger partial charge on any atom is -0.325 e. The Bertz CT molecular complexity index is 949. The molecular formula is C22H23FN4O. The number of likely N-dealkylation sites (tertiary alicyclic amines) is 1. The molecule has 28 heavy (non-hydrogen) atoms. The van der Waals surface area contributed by atoms with E-state index < -0.39 is 0 Å². The van der Waals surface area contributed by atoms with Gasteiger partial charge >= 0.3 is 0 Å². The molecule has 5 nitrogen and oxygen atoms in total. The fraction of sp³-hybridized carbons (Fsp3) is 0.273. The number of nitrogens with one attached hydrogen (secondary N) is 1. The van der Waals surface area contributed by atoms with Gasteiger partial charge in [0.15, 0.2) is 0 Å². The van der Waals surface area contributed by atoms with E-state index in [1.54, 1.807) is 18.3 Å². The van der Waals surface area contributed by atoms with Crippen LogP contribution in [0, 0.1) is 12.7 Å². The molecule has 0 bridgehead atoms. The first-order valence-electron chi connectivity index (χ1n) is 9.50. The number of rotatable bonds is 5. The number of anilines is 1. The lowest BCUT2D eigenvalue weighted by Crippen LogP contribution is -2.39. The van der Waals surface area contributed by atoms with E-state index >= 15 is 0 Å². The second kappa shape index (κ2) is 7.94. The third-order valence-electron chi connectivity index (χ3n) is 5.20. The van der Waals surface area contributed by atoms with Crippen LogP contribution in [0.25, 0.3) is 5.69 Å². The molecule has 1 saturated heterocycles. The Morgan fingerprint density at radius 2 is 1.93 bits per heavy atom. The smallest absolute Gasteiger partial charge is 0.241 e. The fourth-order valence-electron chi connectivity index (χ4n) is 3.72. The van der Waals surface area contributed by atoms with Gasteiger partial charge in [0, 0.05) is 30.3 Å². The molecule has 1 fully saturated rings. The average molecular weight is 378 g/mol. The van der Waals surface area contributed by atoms with Gasteiger partial charge in [-0.1, -0.05) is 12.1 Å². The zero-order valence-electron chi connectivity index (χ0n) is 15.8. The lowest BCUT2D eigenvalue weighted by Gasteiger charge is -2.23. The van der Waals surface area contributed by atoms with E-state index in [2.05, 4.69) is 15.2 Å². The minimum absolute atomic E-state index is 0.00572. The molecule has 3 aromatic rings. The molecule has 1 amide bonds. The first kappa shape index (κ1) is 18.4. The number of hydrogen-bond acceptors (Lipinski definition) is 3. The van der Waals surface area contributed by atoms with E-state index in [0.29, 0.717) is 6.54 Å². The summed E-state index contributed by atoms with van der Waals surface area (Å²) in [4.78, 5) is 19.2. The van der Waals surface area contributed by atoms with Gasteiger partial charge in [0.25, 0.3) is 0 Å². The molecule has 144 valence electrons. The number of aromatic nitrogens is 2. The fourth-order valence-corrected chi connectivity index (χ4v) is 3.72. The van der Waals surface area contributed by atoms with Crippen molar-refractivity contribution in [3.8, 4) is 5.69 Å². The Balaban J connectivity index is 1.41. The first-order chi connectivity index (χ1) is 13.6. The second-order valence-corrected chi connectivity index (χ2v) is 7.14. The average Bonchev–Trinajstić information content (AvgIpc) is 3.33. The number of halogens is 1. The maximum atomic E-state index is 13.1. The largest absolute Gasteiger partial charge is 0.325 e. The lowest BCUT2D eigenvalue weighted by molar-refractivity contribution is -0.120. The van der Waals surface area contributed by atoms with Gasteiger partial charge in [-0.3, -0.25) is 9.69 Å². The van der Waals surface area contributed by atoms with Gasteiger partial charge < -0.3 is 9.88 Å². The summed E-state index contributed by atoms with van der Waals surface area (Å²) >= 11 is 0. The number of carbonyl (C=O) groups excluding carboxylic acids is 1. The van der Waals surface area contributed by atoms with Crippen LogP contribution in [0.15, 0.2) is 60.9 Å². The van der Waals surface area contributed by atoms with Crippen molar-refractivity contribution in [1.82, 2.24) is 14.5 Å². The van der Waals surface area contributed by atoms with Gasteiger partial charge in [0.2, 0.25) is 5.91 Å². The van der Waals surface area contributed by atoms with Crippen molar-refractivity contribution < 1.29 is 9.18 Å². The van der Waals surface area contributed by atoms with Crippen LogP contribution in [0.4, 0.5) is 10.1 Å². The van der Waals surface area contributed by atoms with Crippen molar-refractivity contribution >= 4 is 11.6 Å². The van der Waals surface area contributed by atoms with Crippen molar-refractivity contribution in [2.45, 2.75) is 32.4 Å². The Labute approximate surface area is 163 Å². The van der Waals surface area contributed by atoms with Crippen LogP contribution < -0.4 is 5.32 Å². The molecule has 0 saturated carbocycles. The summed E-state index contributed by atoms with van der Waals surface area (Å²) < 4.78 is 15.1. The number of aryl methyl sites for hydroxylation is 1. The monoisotopic (exact) mass is 378 g/mol. The molecule has 2 heterocycles. The number of carbonyl (C=O) groups is 1. The Kier molecular flexibility index (Phi) is 5.21. The Morgan fingerprint density at radius 3 is 2.61 bits per heavy atom. The molecule has 1 aliphatic heterocycles. The minimum atomic E-state index is -0.242. The zero-order chi connectivity index (χ0) is 19.5. The van der Waals surface area contributed by atoms with E-state index in [-0.39, 0.29) is 17.8 Å². The molecule has 1 unspecified atom stereocenters. The summed E-state index contributed by atoms with van der Waals surface area (Å²) in [7, 11) is 0. The van der Waals surface area contributed by atoms with E-state index in [1.165, 1.54) is 12.1 Å². The van der Waals surface area contributed by atoms with Gasteiger partial charge in [0.1, 0.15) is 11.6 Å². The standard InChI is InChI=1S/C22H23FN4O/c1-16-24-12-14-27(16)20-10-8-19(9-11-20)25-22(28)21-3-2-13-26(21)15-17-4-6-18(23)7-5-17/h4-12,14,21H,2-3,13,15H2,1H3,(H,25,28). The molecule has 0 radical (unpaired) electrons. The molecule has 0 spiro atoms. The third kappa shape index (κ3) is 3.97. The molecule has 0 aliphatic carbocycles. The van der Waals surface area contributed by atoms with Crippen LogP contribution in [-0.4, -0.2) is 32.9 Å². The van der Waals surface area contributed by atoms with Gasteiger partial charge in [-0.2, -0.15) is 0 Å². The van der Waals surface area contributed by atoms with E-state index in [0.717, 1.165) is 42.1 Å². The molecular weight excluding hydrogens is 355 g/mol. The molecule has 4 rings (SSSR count). The maximum absolute atomic E-state index is 13.1. The topological polar surface area (TPSA) is 50.2 Å². The van der Waals surface area contributed by atoms with E-state index in [9.17, 15) is 9.18 Å². The summed E-state index contributed by atoms with van der Waals surface area (Å²) in [5.41, 5.74) is 2.80. The molecule has 1 N–H and O–H groups in total. The van der Waals surface area contributed by atoms with Crippen LogP contribution in [0.2, 0.25) is 0 Å². The second-order valence-electron chi connectivity index (χ2n) is 7.14. The van der Waals surface area contributed by atoms with Crippen LogP contribution in [0.3, 0.4) is 0 Å². The van der Waals surface area contributed by atoms with Crippen LogP contribution in [0.5, 0.6) is 0 Å². The zero-order valence-corrected chi connectivity index (χ0v) is 15.8. The predicted octanol–water partition coefficient (Wildman–Crippen LogP) is 3.92. The number of imidazole rings is 1. The van der Waals surface area contributed by atoms with Gasteiger partial charge in [-0.15, -0.1) is 0 Å². The number of benzene rings is 2. The summed E-state index contributed by atoms with van der Waals surface area (Å²) in [5, 5.41) is 3.03. The number of amides is 1. The van der Waals surface area contributed by atoms with Gasteiger partial charge in [-0.25, -0.2) is 9.37 Å². The highest BCUT2D eigenvalue weighted by Gasteiger charge is 2.30. The summed E-state index contributed by atoms with van der Waals surface area (Å²) in [6, 6.07) is 14.1. The van der Waals surface area contributed by atoms with Gasteiger partial charge in [-0.05, 0) is 68.3 Å². The van der Waals surface area contributed by atoms with Crippen LogP contribution in [0.1, 0.15) is 24.2 Å².